The van der Waals surface area contributed by atoms with Gasteiger partial charge >= 0.3 is 0 Å². The van der Waals surface area contributed by atoms with E-state index in [-0.39, 0.29) is 0 Å². The van der Waals surface area contributed by atoms with E-state index >= 15 is 0 Å². The fourth-order valence-corrected chi connectivity index (χ4v) is 5.32. The minimum atomic E-state index is 0.822. The molecule has 5 heteroatoms. The first-order valence-corrected chi connectivity index (χ1v) is 12.3. The van der Waals surface area contributed by atoms with Crippen LogP contribution in [0.4, 0.5) is 0 Å². The summed E-state index contributed by atoms with van der Waals surface area (Å²) in [6.07, 6.45) is 8.72. The predicted octanol–water partition coefficient (Wildman–Crippen LogP) is 5.26. The number of aryl methyl sites for hydroxylation is 2. The van der Waals surface area contributed by atoms with Crippen LogP contribution in [-0.4, -0.2) is 19.1 Å². The van der Waals surface area contributed by atoms with Crippen LogP contribution in [-0.2, 0) is 40.4 Å². The number of hydrogen-bond donors (Lipinski definition) is 0. The Morgan fingerprint density at radius 2 is 1.56 bits per heavy atom. The van der Waals surface area contributed by atoms with Crippen LogP contribution in [0.15, 0.2) is 30.7 Å². The van der Waals surface area contributed by atoms with Crippen LogP contribution in [0, 0.1) is 27.7 Å². The molecule has 34 heavy (non-hydrogen) atoms. The zero-order valence-electron chi connectivity index (χ0n) is 22.2. The third-order valence-corrected chi connectivity index (χ3v) is 7.74. The summed E-state index contributed by atoms with van der Waals surface area (Å²) in [5.74, 6) is 0.939. The summed E-state index contributed by atoms with van der Waals surface area (Å²) >= 11 is 0. The van der Waals surface area contributed by atoms with E-state index in [2.05, 4.69) is 92.7 Å². The average Bonchev–Trinajstić information content (AvgIpc) is 3.44. The van der Waals surface area contributed by atoms with Gasteiger partial charge in [0.15, 0.2) is 11.5 Å². The van der Waals surface area contributed by atoms with E-state index in [1.807, 2.05) is 19.4 Å². The molecule has 4 aromatic rings. The predicted molar refractivity (Wildman–Crippen MR) is 139 cm³/mol. The molecule has 5 nitrogen and oxygen atoms in total. The fourth-order valence-electron chi connectivity index (χ4n) is 5.32. The molecule has 0 saturated heterocycles. The first-order valence-electron chi connectivity index (χ1n) is 12.3. The van der Waals surface area contributed by atoms with Crippen LogP contribution >= 0.6 is 0 Å². The van der Waals surface area contributed by atoms with E-state index in [1.54, 1.807) is 0 Å². The first kappa shape index (κ1) is 23.9. The van der Waals surface area contributed by atoms with Gasteiger partial charge in [0.05, 0.1) is 0 Å². The van der Waals surface area contributed by atoms with Gasteiger partial charge in [-0.3, -0.25) is 0 Å². The highest BCUT2D eigenvalue weighted by Crippen LogP contribution is 2.32. The second-order valence-electron chi connectivity index (χ2n) is 9.46. The molecule has 0 aliphatic heterocycles. The number of hydrogen-bond acceptors (Lipinski definition) is 2. The Hall–Kier alpha value is -3.21. The van der Waals surface area contributed by atoms with Crippen LogP contribution in [0.1, 0.15) is 58.6 Å². The SMILES string of the molecule is CCc1c(-c2nccn2C)nc(Cc2c(C)c(C)[n+](C)c(-c3cccn3C)c2CC)c(C)c1C. The largest absolute Gasteiger partial charge is 0.346 e. The summed E-state index contributed by atoms with van der Waals surface area (Å²) in [6.45, 7) is 13.4. The maximum atomic E-state index is 5.29. The van der Waals surface area contributed by atoms with Gasteiger partial charge in [0.25, 0.3) is 0 Å². The zero-order valence-corrected chi connectivity index (χ0v) is 22.2. The van der Waals surface area contributed by atoms with Crippen molar-refractivity contribution in [3.8, 4) is 22.9 Å². The van der Waals surface area contributed by atoms with Gasteiger partial charge in [-0.05, 0) is 68.0 Å². The van der Waals surface area contributed by atoms with Crippen molar-refractivity contribution in [2.45, 2.75) is 60.8 Å². The van der Waals surface area contributed by atoms with Crippen molar-refractivity contribution < 1.29 is 4.57 Å². The van der Waals surface area contributed by atoms with Crippen molar-refractivity contribution in [3.63, 3.8) is 0 Å². The van der Waals surface area contributed by atoms with Crippen LogP contribution in [0.25, 0.3) is 22.9 Å². The lowest BCUT2D eigenvalue weighted by Crippen LogP contribution is -2.38. The highest BCUT2D eigenvalue weighted by Gasteiger charge is 2.27. The molecule has 4 rings (SSSR count). The molecule has 4 heterocycles. The Kier molecular flexibility index (Phi) is 6.48. The smallest absolute Gasteiger partial charge is 0.232 e. The monoisotopic (exact) mass is 456 g/mol. The molecule has 0 aromatic carbocycles. The third kappa shape index (κ3) is 3.77. The molecule has 0 fully saturated rings. The zero-order chi connectivity index (χ0) is 24.7. The van der Waals surface area contributed by atoms with Crippen molar-refractivity contribution in [1.29, 1.82) is 0 Å². The Morgan fingerprint density at radius 1 is 0.853 bits per heavy atom. The molecular weight excluding hydrogens is 418 g/mol. The van der Waals surface area contributed by atoms with E-state index < -0.39 is 0 Å². The van der Waals surface area contributed by atoms with Gasteiger partial charge in [0.1, 0.15) is 18.4 Å². The van der Waals surface area contributed by atoms with Gasteiger partial charge in [-0.25, -0.2) is 9.97 Å². The first-order chi connectivity index (χ1) is 16.2. The van der Waals surface area contributed by atoms with Crippen molar-refractivity contribution in [2.24, 2.45) is 21.1 Å². The molecule has 0 bridgehead atoms. The fraction of sp³-hybridized carbons (Fsp3) is 0.414. The molecule has 0 radical (unpaired) electrons. The molecule has 0 atom stereocenters. The Balaban J connectivity index is 1.96. The summed E-state index contributed by atoms with van der Waals surface area (Å²) in [5.41, 5.74) is 14.1. The Labute approximate surface area is 204 Å². The number of pyridine rings is 2. The molecule has 0 spiro atoms. The molecule has 178 valence electrons. The van der Waals surface area contributed by atoms with Gasteiger partial charge in [-0.15, -0.1) is 0 Å². The highest BCUT2D eigenvalue weighted by atomic mass is 15.1. The Morgan fingerprint density at radius 3 is 2.12 bits per heavy atom. The van der Waals surface area contributed by atoms with Gasteiger partial charge in [-0.2, -0.15) is 4.57 Å². The highest BCUT2D eigenvalue weighted by molar-refractivity contribution is 5.63. The van der Waals surface area contributed by atoms with Gasteiger partial charge in [0.2, 0.25) is 5.69 Å². The maximum Gasteiger partial charge on any atom is 0.232 e. The molecule has 0 N–H and O–H groups in total. The lowest BCUT2D eigenvalue weighted by Gasteiger charge is -2.20. The topological polar surface area (TPSA) is 39.5 Å². The van der Waals surface area contributed by atoms with E-state index in [9.17, 15) is 0 Å². The van der Waals surface area contributed by atoms with Crippen molar-refractivity contribution >= 4 is 0 Å². The van der Waals surface area contributed by atoms with Gasteiger partial charge in [-0.1, -0.05) is 13.8 Å². The number of rotatable bonds is 6. The van der Waals surface area contributed by atoms with Crippen molar-refractivity contribution in [2.75, 3.05) is 0 Å². The molecule has 0 unspecified atom stereocenters. The van der Waals surface area contributed by atoms with E-state index in [0.29, 0.717) is 0 Å². The molecule has 0 aliphatic rings. The maximum absolute atomic E-state index is 5.29. The van der Waals surface area contributed by atoms with Gasteiger partial charge in [0, 0.05) is 62.9 Å². The van der Waals surface area contributed by atoms with Gasteiger partial charge < -0.3 is 9.13 Å². The minimum Gasteiger partial charge on any atom is -0.346 e. The normalized spacial score (nSPS) is 11.4. The molecule has 0 saturated carbocycles. The molecule has 4 aromatic heterocycles. The summed E-state index contributed by atoms with van der Waals surface area (Å²) in [4.78, 5) is 9.93. The third-order valence-electron chi connectivity index (χ3n) is 7.74. The lowest BCUT2D eigenvalue weighted by atomic mass is 9.89. The minimum absolute atomic E-state index is 0.822. The number of aromatic nitrogens is 5. The summed E-state index contributed by atoms with van der Waals surface area (Å²) < 4.78 is 6.65. The van der Waals surface area contributed by atoms with E-state index in [1.165, 1.54) is 50.5 Å². The quantitative estimate of drug-likeness (QED) is 0.371. The molecule has 0 aliphatic carbocycles. The van der Waals surface area contributed by atoms with E-state index in [4.69, 9.17) is 4.98 Å². The lowest BCUT2D eigenvalue weighted by molar-refractivity contribution is -0.667. The van der Waals surface area contributed by atoms with Crippen LogP contribution < -0.4 is 4.57 Å². The van der Waals surface area contributed by atoms with Crippen LogP contribution in [0.5, 0.6) is 0 Å². The Bertz CT molecular complexity index is 1370. The average molecular weight is 457 g/mol. The summed E-state index contributed by atoms with van der Waals surface area (Å²) in [6, 6.07) is 4.34. The summed E-state index contributed by atoms with van der Waals surface area (Å²) in [7, 11) is 6.36. The van der Waals surface area contributed by atoms with Crippen molar-refractivity contribution in [3.05, 3.63) is 75.5 Å². The summed E-state index contributed by atoms with van der Waals surface area (Å²) in [5, 5.41) is 0. The standard InChI is InChI=1S/C29H38N5/c1-10-22-18(3)19(4)25(31-27(22)29-30-14-16-33(29)8)17-24-20(5)21(6)34(9)28(23(24)11-2)26-13-12-15-32(26)7/h12-16H,10-11,17H2,1-9H3/q+1. The molecule has 0 amide bonds. The second kappa shape index (κ2) is 9.21. The number of imidazole rings is 1. The number of nitrogens with zero attached hydrogens (tertiary/aromatic N) is 5. The van der Waals surface area contributed by atoms with E-state index in [0.717, 1.165) is 36.5 Å². The van der Waals surface area contributed by atoms with Crippen molar-refractivity contribution in [1.82, 2.24) is 19.1 Å². The van der Waals surface area contributed by atoms with Crippen LogP contribution in [0.3, 0.4) is 0 Å². The molecular formula is C29H38N5+. The second-order valence-corrected chi connectivity index (χ2v) is 9.46. The van der Waals surface area contributed by atoms with Crippen LogP contribution in [0.2, 0.25) is 0 Å².